The number of pyridine rings is 1. The number of carbonyl (C=O) groups excluding carboxylic acids is 1. The number of amides is 1. The van der Waals surface area contributed by atoms with Crippen LogP contribution in [0.25, 0.3) is 5.57 Å². The molecule has 1 amide bonds. The van der Waals surface area contributed by atoms with E-state index < -0.39 is 29.5 Å². The summed E-state index contributed by atoms with van der Waals surface area (Å²) in [5.41, 5.74) is 1.18. The Bertz CT molecular complexity index is 1030. The summed E-state index contributed by atoms with van der Waals surface area (Å²) in [5, 5.41) is 21.4. The molecule has 0 saturated carbocycles. The number of aromatic nitrogens is 1. The zero-order valence-corrected chi connectivity index (χ0v) is 18.2. The summed E-state index contributed by atoms with van der Waals surface area (Å²) in [6.45, 7) is 0.198. The van der Waals surface area contributed by atoms with Gasteiger partial charge in [-0.15, -0.1) is 0 Å². The van der Waals surface area contributed by atoms with E-state index in [4.69, 9.17) is 28.3 Å². The SMILES string of the molecule is O=C(CNc1ccc(C(F)(F)F)c(Cl)c1)N1CC=C(c2ncc([C@H](O)CO)cc2Cl)CC1. The molecule has 2 aromatic rings. The minimum Gasteiger partial charge on any atom is -0.393 e. The van der Waals surface area contributed by atoms with Crippen molar-refractivity contribution in [3.63, 3.8) is 0 Å². The van der Waals surface area contributed by atoms with E-state index in [0.29, 0.717) is 41.5 Å². The largest absolute Gasteiger partial charge is 0.417 e. The van der Waals surface area contributed by atoms with Gasteiger partial charge in [0.1, 0.15) is 6.10 Å². The first-order valence-electron chi connectivity index (χ1n) is 9.62. The third-order valence-electron chi connectivity index (χ3n) is 5.00. The number of aliphatic hydroxyl groups is 2. The molecule has 172 valence electrons. The maximum absolute atomic E-state index is 12.8. The Balaban J connectivity index is 1.59. The molecule has 0 bridgehead atoms. The molecule has 32 heavy (non-hydrogen) atoms. The standard InChI is InChI=1S/C21H20Cl2F3N3O3/c22-16-8-14(1-2-15(16)21(24,25)26)27-10-19(32)29-5-3-12(4-6-29)20-17(23)7-13(9-28-20)18(31)11-30/h1-3,7-9,18,27,30-31H,4-6,10-11H2/t18-/m1/s1. The molecule has 0 spiro atoms. The van der Waals surface area contributed by atoms with E-state index in [-0.39, 0.29) is 12.5 Å². The molecule has 1 aromatic carbocycles. The van der Waals surface area contributed by atoms with E-state index in [2.05, 4.69) is 10.3 Å². The Kier molecular flexibility index (Phi) is 7.66. The van der Waals surface area contributed by atoms with E-state index in [1.165, 1.54) is 12.3 Å². The second-order valence-corrected chi connectivity index (χ2v) is 7.98. The maximum atomic E-state index is 12.8. The van der Waals surface area contributed by atoms with Crippen molar-refractivity contribution in [2.75, 3.05) is 31.6 Å². The van der Waals surface area contributed by atoms with E-state index >= 15 is 0 Å². The Morgan fingerprint density at radius 3 is 2.56 bits per heavy atom. The fraction of sp³-hybridized carbons (Fsp3) is 0.333. The summed E-state index contributed by atoms with van der Waals surface area (Å²) in [7, 11) is 0. The monoisotopic (exact) mass is 489 g/mol. The second kappa shape index (κ2) is 10.1. The molecule has 0 fully saturated rings. The highest BCUT2D eigenvalue weighted by Crippen LogP contribution is 2.36. The lowest BCUT2D eigenvalue weighted by Gasteiger charge is -2.27. The van der Waals surface area contributed by atoms with Crippen LogP contribution in [0.3, 0.4) is 0 Å². The van der Waals surface area contributed by atoms with Crippen LogP contribution < -0.4 is 5.32 Å². The maximum Gasteiger partial charge on any atom is 0.417 e. The zero-order chi connectivity index (χ0) is 23.5. The van der Waals surface area contributed by atoms with Gasteiger partial charge >= 0.3 is 6.18 Å². The molecule has 3 rings (SSSR count). The molecule has 2 heterocycles. The number of hydrogen-bond acceptors (Lipinski definition) is 5. The summed E-state index contributed by atoms with van der Waals surface area (Å²) >= 11 is 12.0. The number of aliphatic hydroxyl groups excluding tert-OH is 2. The molecule has 6 nitrogen and oxygen atoms in total. The van der Waals surface area contributed by atoms with Crippen molar-refractivity contribution in [2.45, 2.75) is 18.7 Å². The minimum atomic E-state index is -4.54. The molecule has 0 radical (unpaired) electrons. The van der Waals surface area contributed by atoms with Gasteiger partial charge in [-0.05, 0) is 36.3 Å². The van der Waals surface area contributed by atoms with Crippen molar-refractivity contribution in [3.8, 4) is 0 Å². The third-order valence-corrected chi connectivity index (χ3v) is 5.61. The molecule has 11 heteroatoms. The van der Waals surface area contributed by atoms with Crippen LogP contribution in [0.15, 0.2) is 36.5 Å². The van der Waals surface area contributed by atoms with Crippen molar-refractivity contribution in [1.29, 1.82) is 0 Å². The third kappa shape index (κ3) is 5.72. The predicted octanol–water partition coefficient (Wildman–Crippen LogP) is 4.16. The smallest absolute Gasteiger partial charge is 0.393 e. The van der Waals surface area contributed by atoms with Gasteiger partial charge in [-0.1, -0.05) is 29.3 Å². The number of alkyl halides is 3. The Morgan fingerprint density at radius 1 is 1.25 bits per heavy atom. The molecule has 1 aliphatic heterocycles. The molecule has 1 aliphatic rings. The lowest BCUT2D eigenvalue weighted by Crippen LogP contribution is -2.38. The van der Waals surface area contributed by atoms with Crippen molar-refractivity contribution in [3.05, 3.63) is 63.4 Å². The molecular weight excluding hydrogens is 470 g/mol. The van der Waals surface area contributed by atoms with Gasteiger partial charge < -0.3 is 20.4 Å². The average molecular weight is 490 g/mol. The number of benzene rings is 1. The first kappa shape index (κ1) is 24.3. The van der Waals surface area contributed by atoms with Gasteiger partial charge in [0, 0.05) is 30.5 Å². The predicted molar refractivity (Wildman–Crippen MR) is 115 cm³/mol. The minimum absolute atomic E-state index is 0.0996. The molecule has 1 atom stereocenters. The van der Waals surface area contributed by atoms with Crippen LogP contribution in [0.5, 0.6) is 0 Å². The van der Waals surface area contributed by atoms with Crippen molar-refractivity contribution >= 4 is 40.4 Å². The van der Waals surface area contributed by atoms with E-state index in [1.54, 1.807) is 11.0 Å². The van der Waals surface area contributed by atoms with Gasteiger partial charge in [0.15, 0.2) is 0 Å². The first-order chi connectivity index (χ1) is 15.1. The molecular formula is C21H20Cl2F3N3O3. The van der Waals surface area contributed by atoms with Gasteiger partial charge in [-0.25, -0.2) is 0 Å². The number of nitrogens with one attached hydrogen (secondary N) is 1. The average Bonchev–Trinajstić information content (AvgIpc) is 2.76. The van der Waals surface area contributed by atoms with Crippen LogP contribution in [-0.2, 0) is 11.0 Å². The van der Waals surface area contributed by atoms with Crippen molar-refractivity contribution in [1.82, 2.24) is 9.88 Å². The first-order valence-corrected chi connectivity index (χ1v) is 10.4. The summed E-state index contributed by atoms with van der Waals surface area (Å²) in [6.07, 6.45) is -1.83. The van der Waals surface area contributed by atoms with Crippen LogP contribution in [-0.4, -0.2) is 52.2 Å². The van der Waals surface area contributed by atoms with E-state index in [1.807, 2.05) is 6.08 Å². The normalized spacial score (nSPS) is 15.3. The summed E-state index contributed by atoms with van der Waals surface area (Å²) < 4.78 is 38.3. The molecule has 0 unspecified atom stereocenters. The number of nitrogens with zero attached hydrogens (tertiary/aromatic N) is 2. The number of halogens is 5. The fourth-order valence-corrected chi connectivity index (χ4v) is 3.82. The second-order valence-electron chi connectivity index (χ2n) is 7.16. The van der Waals surface area contributed by atoms with Crippen LogP contribution in [0.1, 0.15) is 29.3 Å². The van der Waals surface area contributed by atoms with Crippen LogP contribution in [0.2, 0.25) is 10.0 Å². The van der Waals surface area contributed by atoms with Crippen LogP contribution in [0, 0.1) is 0 Å². The van der Waals surface area contributed by atoms with E-state index in [0.717, 1.165) is 17.7 Å². The summed E-state index contributed by atoms with van der Waals surface area (Å²) in [6, 6.07) is 4.77. The highest BCUT2D eigenvalue weighted by molar-refractivity contribution is 6.32. The Hall–Kier alpha value is -2.33. The zero-order valence-electron chi connectivity index (χ0n) is 16.7. The van der Waals surface area contributed by atoms with Gasteiger partial charge in [0.25, 0.3) is 0 Å². The highest BCUT2D eigenvalue weighted by Gasteiger charge is 2.33. The number of hydrogen-bond donors (Lipinski definition) is 3. The molecule has 3 N–H and O–H groups in total. The topological polar surface area (TPSA) is 85.7 Å². The lowest BCUT2D eigenvalue weighted by atomic mass is 10.0. The number of carbonyl (C=O) groups is 1. The van der Waals surface area contributed by atoms with Crippen LogP contribution in [0.4, 0.5) is 18.9 Å². The number of anilines is 1. The van der Waals surface area contributed by atoms with Crippen LogP contribution >= 0.6 is 23.2 Å². The molecule has 0 aliphatic carbocycles. The van der Waals surface area contributed by atoms with Crippen molar-refractivity contribution < 1.29 is 28.2 Å². The number of rotatable bonds is 6. The lowest BCUT2D eigenvalue weighted by molar-refractivity contribution is -0.137. The van der Waals surface area contributed by atoms with Gasteiger partial charge in [-0.2, -0.15) is 13.2 Å². The van der Waals surface area contributed by atoms with Crippen molar-refractivity contribution in [2.24, 2.45) is 0 Å². The Morgan fingerprint density at radius 2 is 2.00 bits per heavy atom. The molecule has 0 saturated heterocycles. The Labute approximate surface area is 192 Å². The van der Waals surface area contributed by atoms with Gasteiger partial charge in [-0.3, -0.25) is 9.78 Å². The summed E-state index contributed by atoms with van der Waals surface area (Å²) in [4.78, 5) is 18.3. The van der Waals surface area contributed by atoms with Gasteiger partial charge in [0.2, 0.25) is 5.91 Å². The summed E-state index contributed by atoms with van der Waals surface area (Å²) in [5.74, 6) is -0.225. The fourth-order valence-electron chi connectivity index (χ4n) is 3.23. The quantitative estimate of drug-likeness (QED) is 0.567. The molecule has 1 aromatic heterocycles. The van der Waals surface area contributed by atoms with Gasteiger partial charge in [0.05, 0.1) is 34.5 Å². The van der Waals surface area contributed by atoms with E-state index in [9.17, 15) is 23.1 Å². The highest BCUT2D eigenvalue weighted by atomic mass is 35.5.